The van der Waals surface area contributed by atoms with E-state index in [-0.39, 0.29) is 0 Å². The normalized spacial score (nSPS) is 15.4. The summed E-state index contributed by atoms with van der Waals surface area (Å²) in [4.78, 5) is 0. The van der Waals surface area contributed by atoms with Crippen molar-refractivity contribution >= 4 is 0 Å². The summed E-state index contributed by atoms with van der Waals surface area (Å²) in [6.07, 6.45) is 4.31. The molecule has 3 nitrogen and oxygen atoms in total. The fourth-order valence-corrected chi connectivity index (χ4v) is 2.36. The Morgan fingerprint density at radius 3 is 2.88 bits per heavy atom. The molecule has 1 aliphatic rings. The molecular formula is C14H17N3. The van der Waals surface area contributed by atoms with Gasteiger partial charge in [0.15, 0.2) is 0 Å². The number of hydrogen-bond acceptors (Lipinski definition) is 2. The number of benzene rings is 1. The van der Waals surface area contributed by atoms with E-state index in [9.17, 15) is 0 Å². The van der Waals surface area contributed by atoms with Gasteiger partial charge in [-0.3, -0.25) is 0 Å². The van der Waals surface area contributed by atoms with Crippen molar-refractivity contribution in [1.29, 1.82) is 0 Å². The molecule has 1 N–H and O–H groups in total. The lowest BCUT2D eigenvalue weighted by atomic mass is 10.1. The van der Waals surface area contributed by atoms with E-state index in [2.05, 4.69) is 42.7 Å². The van der Waals surface area contributed by atoms with Gasteiger partial charge in [0.2, 0.25) is 0 Å². The molecule has 0 bridgehead atoms. The first-order valence-electron chi connectivity index (χ1n) is 6.19. The van der Waals surface area contributed by atoms with Crippen LogP contribution in [-0.4, -0.2) is 22.9 Å². The molecule has 0 saturated carbocycles. The Balaban J connectivity index is 2.02. The molecular weight excluding hydrogens is 210 g/mol. The predicted molar refractivity (Wildman–Crippen MR) is 68.6 cm³/mol. The molecule has 3 rings (SSSR count). The molecule has 1 aromatic heterocycles. The van der Waals surface area contributed by atoms with Crippen LogP contribution in [0.25, 0.3) is 5.69 Å². The van der Waals surface area contributed by atoms with Gasteiger partial charge in [0, 0.05) is 19.2 Å². The molecule has 0 amide bonds. The molecule has 0 atom stereocenters. The molecule has 1 aliphatic heterocycles. The minimum Gasteiger partial charge on any atom is -0.316 e. The summed E-state index contributed by atoms with van der Waals surface area (Å²) in [5, 5.41) is 8.12. The Hall–Kier alpha value is -1.61. The second-order valence-electron chi connectivity index (χ2n) is 4.58. The van der Waals surface area contributed by atoms with Crippen molar-refractivity contribution in [1.82, 2.24) is 15.1 Å². The third-order valence-electron chi connectivity index (χ3n) is 3.35. The van der Waals surface area contributed by atoms with Crippen molar-refractivity contribution in [2.45, 2.75) is 19.8 Å². The zero-order valence-electron chi connectivity index (χ0n) is 10.1. The molecule has 1 aromatic carbocycles. The van der Waals surface area contributed by atoms with Crippen LogP contribution in [0.4, 0.5) is 0 Å². The minimum absolute atomic E-state index is 1.04. The summed E-state index contributed by atoms with van der Waals surface area (Å²) in [5.41, 5.74) is 5.09. The summed E-state index contributed by atoms with van der Waals surface area (Å²) in [5.74, 6) is 0. The van der Waals surface area contributed by atoms with Crippen LogP contribution in [0, 0.1) is 6.92 Å². The van der Waals surface area contributed by atoms with Crippen LogP contribution < -0.4 is 5.32 Å². The summed E-state index contributed by atoms with van der Waals surface area (Å²) < 4.78 is 2.03. The van der Waals surface area contributed by atoms with Crippen LogP contribution >= 0.6 is 0 Å². The number of nitrogens with zero attached hydrogens (tertiary/aromatic N) is 2. The average molecular weight is 227 g/mol. The van der Waals surface area contributed by atoms with Gasteiger partial charge in [-0.05, 0) is 37.1 Å². The fraction of sp³-hybridized carbons (Fsp3) is 0.357. The maximum atomic E-state index is 4.72. The number of aromatic nitrogens is 2. The first-order chi connectivity index (χ1) is 8.34. The summed E-state index contributed by atoms with van der Waals surface area (Å²) in [6, 6.07) is 8.39. The van der Waals surface area contributed by atoms with Crippen molar-refractivity contribution in [2.75, 3.05) is 13.1 Å². The van der Waals surface area contributed by atoms with Crippen LogP contribution in [-0.2, 0) is 12.8 Å². The lowest BCUT2D eigenvalue weighted by Crippen LogP contribution is -2.16. The Kier molecular flexibility index (Phi) is 2.69. The molecule has 3 heteroatoms. The molecule has 2 heterocycles. The van der Waals surface area contributed by atoms with E-state index in [0.29, 0.717) is 0 Å². The third-order valence-corrected chi connectivity index (χ3v) is 3.35. The summed E-state index contributed by atoms with van der Waals surface area (Å²) in [7, 11) is 0. The predicted octanol–water partition coefficient (Wildman–Crippen LogP) is 1.87. The molecule has 17 heavy (non-hydrogen) atoms. The summed E-state index contributed by atoms with van der Waals surface area (Å²) in [6.45, 7) is 4.23. The maximum Gasteiger partial charge on any atom is 0.0674 e. The third kappa shape index (κ3) is 1.98. The summed E-state index contributed by atoms with van der Waals surface area (Å²) >= 11 is 0. The van der Waals surface area contributed by atoms with Gasteiger partial charge in [-0.2, -0.15) is 5.10 Å². The molecule has 0 saturated heterocycles. The Morgan fingerprint density at radius 1 is 1.18 bits per heavy atom. The highest BCUT2D eigenvalue weighted by Crippen LogP contribution is 2.17. The van der Waals surface area contributed by atoms with Gasteiger partial charge >= 0.3 is 0 Å². The quantitative estimate of drug-likeness (QED) is 0.806. The SMILES string of the molecule is Cc1ccccc1-n1cc2c(n1)CCNCC2. The van der Waals surface area contributed by atoms with Gasteiger partial charge in [-0.25, -0.2) is 4.68 Å². The van der Waals surface area contributed by atoms with Crippen LogP contribution in [0.3, 0.4) is 0 Å². The first-order valence-corrected chi connectivity index (χ1v) is 6.19. The van der Waals surface area contributed by atoms with Crippen LogP contribution in [0.1, 0.15) is 16.8 Å². The van der Waals surface area contributed by atoms with Crippen molar-refractivity contribution in [3.8, 4) is 5.69 Å². The zero-order valence-corrected chi connectivity index (χ0v) is 10.1. The molecule has 0 radical (unpaired) electrons. The highest BCUT2D eigenvalue weighted by molar-refractivity contribution is 5.40. The number of nitrogens with one attached hydrogen (secondary N) is 1. The number of fused-ring (bicyclic) bond motifs is 1. The van der Waals surface area contributed by atoms with E-state index in [4.69, 9.17) is 5.10 Å². The second kappa shape index (κ2) is 4.34. The standard InChI is InChI=1S/C14H17N3/c1-11-4-2-3-5-14(11)17-10-12-6-8-15-9-7-13(12)16-17/h2-5,10,15H,6-9H2,1H3. The van der Waals surface area contributed by atoms with Gasteiger partial charge in [0.25, 0.3) is 0 Å². The lowest BCUT2D eigenvalue weighted by Gasteiger charge is -2.05. The monoisotopic (exact) mass is 227 g/mol. The lowest BCUT2D eigenvalue weighted by molar-refractivity contribution is 0.695. The highest BCUT2D eigenvalue weighted by atomic mass is 15.3. The minimum atomic E-state index is 1.04. The number of rotatable bonds is 1. The van der Waals surface area contributed by atoms with E-state index >= 15 is 0 Å². The van der Waals surface area contributed by atoms with Gasteiger partial charge in [-0.1, -0.05) is 18.2 Å². The van der Waals surface area contributed by atoms with Crippen molar-refractivity contribution in [3.63, 3.8) is 0 Å². The van der Waals surface area contributed by atoms with Crippen molar-refractivity contribution < 1.29 is 0 Å². The molecule has 0 spiro atoms. The van der Waals surface area contributed by atoms with E-state index in [1.165, 1.54) is 22.5 Å². The van der Waals surface area contributed by atoms with Gasteiger partial charge in [-0.15, -0.1) is 0 Å². The molecule has 0 unspecified atom stereocenters. The van der Waals surface area contributed by atoms with E-state index < -0.39 is 0 Å². The molecule has 0 fully saturated rings. The van der Waals surface area contributed by atoms with E-state index in [0.717, 1.165) is 25.9 Å². The van der Waals surface area contributed by atoms with Crippen molar-refractivity contribution in [3.05, 3.63) is 47.3 Å². The molecule has 88 valence electrons. The Labute approximate surface area is 101 Å². The van der Waals surface area contributed by atoms with Gasteiger partial charge in [0.1, 0.15) is 0 Å². The Bertz CT molecular complexity index is 505. The fourth-order valence-electron chi connectivity index (χ4n) is 2.36. The van der Waals surface area contributed by atoms with Gasteiger partial charge in [0.05, 0.1) is 11.4 Å². The smallest absolute Gasteiger partial charge is 0.0674 e. The topological polar surface area (TPSA) is 29.9 Å². The zero-order chi connectivity index (χ0) is 11.7. The molecule has 0 aliphatic carbocycles. The van der Waals surface area contributed by atoms with Gasteiger partial charge < -0.3 is 5.32 Å². The maximum absolute atomic E-state index is 4.72. The largest absolute Gasteiger partial charge is 0.316 e. The number of aryl methyl sites for hydroxylation is 1. The van der Waals surface area contributed by atoms with Crippen LogP contribution in [0.15, 0.2) is 30.5 Å². The van der Waals surface area contributed by atoms with E-state index in [1.807, 2.05) is 4.68 Å². The number of para-hydroxylation sites is 1. The van der Waals surface area contributed by atoms with E-state index in [1.54, 1.807) is 0 Å². The molecule has 2 aromatic rings. The van der Waals surface area contributed by atoms with Crippen molar-refractivity contribution in [2.24, 2.45) is 0 Å². The van der Waals surface area contributed by atoms with Crippen LogP contribution in [0.2, 0.25) is 0 Å². The highest BCUT2D eigenvalue weighted by Gasteiger charge is 2.13. The average Bonchev–Trinajstić information content (AvgIpc) is 2.61. The van der Waals surface area contributed by atoms with Crippen LogP contribution in [0.5, 0.6) is 0 Å². The first kappa shape index (κ1) is 10.5. The number of hydrogen-bond donors (Lipinski definition) is 1. The Morgan fingerprint density at radius 2 is 2.00 bits per heavy atom. The second-order valence-corrected chi connectivity index (χ2v) is 4.58.